The molecule has 146 valence electrons. The molecule has 0 spiro atoms. The van der Waals surface area contributed by atoms with Crippen molar-refractivity contribution >= 4 is 29.5 Å². The zero-order chi connectivity index (χ0) is 20.5. The second-order valence-electron chi connectivity index (χ2n) is 5.58. The maximum atomic E-state index is 12.1. The van der Waals surface area contributed by atoms with Gasteiger partial charge in [0.1, 0.15) is 18.0 Å². The molecule has 0 aliphatic heterocycles. The lowest BCUT2D eigenvalue weighted by Gasteiger charge is -2.07. The van der Waals surface area contributed by atoms with Crippen LogP contribution in [0.4, 0.5) is 5.69 Å². The average Bonchev–Trinajstić information content (AvgIpc) is 2.70. The largest absolute Gasteiger partial charge is 0.497 e. The fourth-order valence-electron chi connectivity index (χ4n) is 2.28. The number of hydrogen-bond acceptors (Lipinski definition) is 5. The number of aliphatic carboxylic acids is 1. The van der Waals surface area contributed by atoms with Gasteiger partial charge in [-0.2, -0.15) is 0 Å². The molecule has 0 bridgehead atoms. The van der Waals surface area contributed by atoms with Crippen molar-refractivity contribution in [2.45, 2.75) is 0 Å². The molecular formula is C20H20N2O6. The molecule has 0 fully saturated rings. The summed E-state index contributed by atoms with van der Waals surface area (Å²) in [5.74, 6) is -0.769. The number of amides is 2. The van der Waals surface area contributed by atoms with E-state index < -0.39 is 18.4 Å². The van der Waals surface area contributed by atoms with Crippen LogP contribution >= 0.6 is 0 Å². The van der Waals surface area contributed by atoms with Crippen molar-refractivity contribution in [3.63, 3.8) is 0 Å². The maximum absolute atomic E-state index is 12.1. The van der Waals surface area contributed by atoms with E-state index in [1.807, 2.05) is 0 Å². The van der Waals surface area contributed by atoms with Gasteiger partial charge in [-0.3, -0.25) is 14.4 Å². The Kier molecular flexibility index (Phi) is 7.15. The molecule has 2 amide bonds. The molecular weight excluding hydrogens is 364 g/mol. The van der Waals surface area contributed by atoms with Crippen LogP contribution in [0, 0.1) is 0 Å². The van der Waals surface area contributed by atoms with Crippen LogP contribution in [0.15, 0.2) is 48.5 Å². The SMILES string of the molecule is COc1ccc(OC)c(/C=C/C(=O)Nc2ccc(C(=O)NCC(=O)O)cc2)c1. The Morgan fingerprint density at radius 2 is 1.75 bits per heavy atom. The highest BCUT2D eigenvalue weighted by atomic mass is 16.5. The van der Waals surface area contributed by atoms with E-state index in [4.69, 9.17) is 14.6 Å². The Morgan fingerprint density at radius 3 is 2.36 bits per heavy atom. The average molecular weight is 384 g/mol. The summed E-state index contributed by atoms with van der Waals surface area (Å²) >= 11 is 0. The Morgan fingerprint density at radius 1 is 1.04 bits per heavy atom. The summed E-state index contributed by atoms with van der Waals surface area (Å²) in [5, 5.41) is 13.5. The molecule has 0 atom stereocenters. The molecule has 0 radical (unpaired) electrons. The van der Waals surface area contributed by atoms with Crippen LogP contribution in [-0.4, -0.2) is 43.7 Å². The lowest BCUT2D eigenvalue weighted by molar-refractivity contribution is -0.135. The zero-order valence-electron chi connectivity index (χ0n) is 15.4. The van der Waals surface area contributed by atoms with Gasteiger partial charge in [0.2, 0.25) is 5.91 Å². The van der Waals surface area contributed by atoms with Crippen molar-refractivity contribution in [2.75, 3.05) is 26.1 Å². The van der Waals surface area contributed by atoms with Crippen LogP contribution in [-0.2, 0) is 9.59 Å². The fraction of sp³-hybridized carbons (Fsp3) is 0.150. The van der Waals surface area contributed by atoms with E-state index in [9.17, 15) is 14.4 Å². The van der Waals surface area contributed by atoms with Gasteiger partial charge in [-0.1, -0.05) is 0 Å². The zero-order valence-corrected chi connectivity index (χ0v) is 15.4. The van der Waals surface area contributed by atoms with E-state index in [2.05, 4.69) is 10.6 Å². The Bertz CT molecular complexity index is 890. The van der Waals surface area contributed by atoms with Crippen LogP contribution in [0.5, 0.6) is 11.5 Å². The predicted molar refractivity (Wildman–Crippen MR) is 104 cm³/mol. The van der Waals surface area contributed by atoms with Crippen molar-refractivity contribution in [2.24, 2.45) is 0 Å². The number of rotatable bonds is 8. The van der Waals surface area contributed by atoms with Gasteiger partial charge >= 0.3 is 5.97 Å². The minimum atomic E-state index is -1.13. The molecule has 0 heterocycles. The quantitative estimate of drug-likeness (QED) is 0.601. The molecule has 0 aliphatic rings. The molecule has 3 N–H and O–H groups in total. The maximum Gasteiger partial charge on any atom is 0.322 e. The molecule has 0 unspecified atom stereocenters. The van der Waals surface area contributed by atoms with Gasteiger partial charge in [0.05, 0.1) is 14.2 Å². The fourth-order valence-corrected chi connectivity index (χ4v) is 2.28. The number of nitrogens with one attached hydrogen (secondary N) is 2. The summed E-state index contributed by atoms with van der Waals surface area (Å²) in [6, 6.07) is 11.3. The molecule has 8 heteroatoms. The third-order valence-electron chi connectivity index (χ3n) is 3.67. The molecule has 8 nitrogen and oxygen atoms in total. The van der Waals surface area contributed by atoms with E-state index in [0.717, 1.165) is 0 Å². The first-order valence-corrected chi connectivity index (χ1v) is 8.24. The summed E-state index contributed by atoms with van der Waals surface area (Å²) in [7, 11) is 3.08. The van der Waals surface area contributed by atoms with E-state index in [1.54, 1.807) is 43.5 Å². The van der Waals surface area contributed by atoms with Gasteiger partial charge in [0.15, 0.2) is 0 Å². The molecule has 2 aromatic rings. The van der Waals surface area contributed by atoms with Gasteiger partial charge in [-0.25, -0.2) is 0 Å². The first-order valence-electron chi connectivity index (χ1n) is 8.24. The summed E-state index contributed by atoms with van der Waals surface area (Å²) in [6.45, 7) is -0.462. The first-order chi connectivity index (χ1) is 13.4. The summed E-state index contributed by atoms with van der Waals surface area (Å²) < 4.78 is 10.4. The van der Waals surface area contributed by atoms with E-state index in [-0.39, 0.29) is 11.5 Å². The highest BCUT2D eigenvalue weighted by Gasteiger charge is 2.08. The molecule has 0 saturated carbocycles. The summed E-state index contributed by atoms with van der Waals surface area (Å²) in [4.78, 5) is 34.3. The van der Waals surface area contributed by atoms with Gasteiger partial charge in [-0.05, 0) is 48.5 Å². The summed E-state index contributed by atoms with van der Waals surface area (Å²) in [6.07, 6.45) is 2.95. The number of carboxylic acid groups (broad SMARTS) is 1. The van der Waals surface area contributed by atoms with Crippen LogP contribution in [0.2, 0.25) is 0 Å². The first kappa shape index (κ1) is 20.5. The molecule has 0 aromatic heterocycles. The Hall–Kier alpha value is -3.81. The van der Waals surface area contributed by atoms with Crippen molar-refractivity contribution < 1.29 is 29.0 Å². The normalized spacial score (nSPS) is 10.4. The molecule has 2 aromatic carbocycles. The smallest absolute Gasteiger partial charge is 0.322 e. The van der Waals surface area contributed by atoms with E-state index >= 15 is 0 Å². The number of hydrogen-bond donors (Lipinski definition) is 3. The second kappa shape index (κ2) is 9.77. The lowest BCUT2D eigenvalue weighted by Crippen LogP contribution is -2.29. The minimum absolute atomic E-state index is 0.288. The number of ether oxygens (including phenoxy) is 2. The number of benzene rings is 2. The number of methoxy groups -OCH3 is 2. The lowest BCUT2D eigenvalue weighted by atomic mass is 10.1. The van der Waals surface area contributed by atoms with Gasteiger partial charge in [-0.15, -0.1) is 0 Å². The topological polar surface area (TPSA) is 114 Å². The standard InChI is InChI=1S/C20H20N2O6/c1-27-16-8-9-17(28-2)14(11-16)5-10-18(23)22-15-6-3-13(4-7-15)20(26)21-12-19(24)25/h3-11H,12H2,1-2H3,(H,21,26)(H,22,23)(H,24,25)/b10-5+. The van der Waals surface area contributed by atoms with Crippen molar-refractivity contribution in [3.8, 4) is 11.5 Å². The minimum Gasteiger partial charge on any atom is -0.497 e. The predicted octanol–water partition coefficient (Wildman–Crippen LogP) is 2.17. The Balaban J connectivity index is 2.00. The number of carboxylic acids is 1. The number of carbonyl (C=O) groups excluding carboxylic acids is 2. The monoisotopic (exact) mass is 384 g/mol. The third kappa shape index (κ3) is 5.87. The second-order valence-corrected chi connectivity index (χ2v) is 5.58. The van der Waals surface area contributed by atoms with Crippen LogP contribution in [0.3, 0.4) is 0 Å². The van der Waals surface area contributed by atoms with Crippen molar-refractivity contribution in [1.29, 1.82) is 0 Å². The highest BCUT2D eigenvalue weighted by molar-refractivity contribution is 6.02. The number of carbonyl (C=O) groups is 3. The van der Waals surface area contributed by atoms with Crippen LogP contribution in [0.25, 0.3) is 6.08 Å². The number of anilines is 1. The molecule has 28 heavy (non-hydrogen) atoms. The highest BCUT2D eigenvalue weighted by Crippen LogP contribution is 2.25. The molecule has 2 rings (SSSR count). The molecule has 0 aliphatic carbocycles. The van der Waals surface area contributed by atoms with Crippen molar-refractivity contribution in [3.05, 3.63) is 59.7 Å². The van der Waals surface area contributed by atoms with Gasteiger partial charge in [0.25, 0.3) is 5.91 Å². The van der Waals surface area contributed by atoms with Crippen molar-refractivity contribution in [1.82, 2.24) is 5.32 Å². The van der Waals surface area contributed by atoms with Gasteiger partial charge in [0, 0.05) is 22.9 Å². The third-order valence-corrected chi connectivity index (χ3v) is 3.67. The van der Waals surface area contributed by atoms with Gasteiger partial charge < -0.3 is 25.2 Å². The van der Waals surface area contributed by atoms with Crippen LogP contribution in [0.1, 0.15) is 15.9 Å². The van der Waals surface area contributed by atoms with Crippen LogP contribution < -0.4 is 20.1 Å². The van der Waals surface area contributed by atoms with E-state index in [1.165, 1.54) is 25.3 Å². The van der Waals surface area contributed by atoms with E-state index in [0.29, 0.717) is 22.7 Å². The summed E-state index contributed by atoms with van der Waals surface area (Å²) in [5.41, 5.74) is 1.46. The Labute approximate surface area is 161 Å². The molecule has 0 saturated heterocycles.